The predicted molar refractivity (Wildman–Crippen MR) is 250 cm³/mol. The summed E-state index contributed by atoms with van der Waals surface area (Å²) >= 11 is 0. The number of ether oxygens (including phenoxy) is 6. The number of phenolic OH excluding ortho intramolecular Hbond substituents is 3. The van der Waals surface area contributed by atoms with Crippen molar-refractivity contribution in [3.8, 4) is 34.5 Å². The van der Waals surface area contributed by atoms with Crippen LogP contribution in [0.25, 0.3) is 21.9 Å². The highest BCUT2D eigenvalue weighted by atomic mass is 19.4. The number of benzene rings is 5. The number of methoxy groups -OCH3 is 3. The fraction of sp³-hybridized carbons (Fsp3) is 0.283. The number of aromatic hydroxyl groups is 3. The van der Waals surface area contributed by atoms with Crippen LogP contribution in [0, 0.1) is 0 Å². The molecule has 19 heteroatoms. The molecule has 7 aromatic rings. The van der Waals surface area contributed by atoms with Crippen molar-refractivity contribution in [1.29, 1.82) is 0 Å². The monoisotopic (exact) mass is 998 g/mol. The third kappa shape index (κ3) is 12.5. The summed E-state index contributed by atoms with van der Waals surface area (Å²) in [6.45, 7) is 0.850. The van der Waals surface area contributed by atoms with Crippen molar-refractivity contribution in [2.24, 2.45) is 0 Å². The number of carboxylic acid groups (broad SMARTS) is 1. The smallest absolute Gasteiger partial charge is 0.416 e. The van der Waals surface area contributed by atoms with Crippen molar-refractivity contribution in [3.63, 3.8) is 0 Å². The maximum absolute atomic E-state index is 13.2. The van der Waals surface area contributed by atoms with E-state index in [-0.39, 0.29) is 66.3 Å². The lowest BCUT2D eigenvalue weighted by molar-refractivity contribution is -0.142. The molecule has 5 aromatic carbocycles. The van der Waals surface area contributed by atoms with Gasteiger partial charge in [0.2, 0.25) is 0 Å². The molecular formula is C53H49F3O16. The van der Waals surface area contributed by atoms with Crippen LogP contribution in [-0.2, 0) is 58.8 Å². The molecule has 3 unspecified atom stereocenters. The molecule has 0 amide bonds. The molecule has 2 aromatic heterocycles. The number of aliphatic carboxylic acids is 1. The van der Waals surface area contributed by atoms with Crippen molar-refractivity contribution in [2.75, 3.05) is 34.5 Å². The predicted octanol–water partition coefficient (Wildman–Crippen LogP) is 9.86. The second kappa shape index (κ2) is 22.6. The van der Waals surface area contributed by atoms with Gasteiger partial charge in [-0.2, -0.15) is 13.2 Å². The maximum Gasteiger partial charge on any atom is 0.416 e. The Morgan fingerprint density at radius 3 is 1.68 bits per heavy atom. The summed E-state index contributed by atoms with van der Waals surface area (Å²) in [5, 5.41) is 37.8. The number of hydrogen-bond donors (Lipinski definition) is 4. The largest absolute Gasteiger partial charge is 0.508 e. The Hall–Kier alpha value is -8.35. The highest BCUT2D eigenvalue weighted by Gasteiger charge is 2.38. The first-order valence-corrected chi connectivity index (χ1v) is 22.3. The zero-order valence-electron chi connectivity index (χ0n) is 39.0. The number of phenols is 3. The SMILES string of the molecule is COC(=O)CC1COc2cc(O)ccc21.COC(=O)CC1COc2cc(OC3CCc4c3cccc4C(F)(F)F)ccc21.COC(=O)Cc1coc2cc(O)ccc12.O=C(O)Cc1coc2cc(O)ccc12. The van der Waals surface area contributed by atoms with Gasteiger partial charge in [-0.3, -0.25) is 19.2 Å². The minimum absolute atomic E-state index is 0.0352. The summed E-state index contributed by atoms with van der Waals surface area (Å²) < 4.78 is 80.8. The van der Waals surface area contributed by atoms with Crippen LogP contribution in [0.2, 0.25) is 0 Å². The van der Waals surface area contributed by atoms with Crippen LogP contribution < -0.4 is 14.2 Å². The number of hydrogen-bond acceptors (Lipinski definition) is 15. The molecule has 4 heterocycles. The summed E-state index contributed by atoms with van der Waals surface area (Å²) in [4.78, 5) is 44.2. The van der Waals surface area contributed by atoms with Crippen molar-refractivity contribution >= 4 is 45.8 Å². The normalized spacial score (nSPS) is 15.9. The van der Waals surface area contributed by atoms with E-state index in [0.717, 1.165) is 33.5 Å². The lowest BCUT2D eigenvalue weighted by Gasteiger charge is -2.17. The highest BCUT2D eigenvalue weighted by molar-refractivity contribution is 5.87. The molecular weight excluding hydrogens is 950 g/mol. The Morgan fingerprint density at radius 2 is 1.14 bits per heavy atom. The van der Waals surface area contributed by atoms with Gasteiger partial charge in [-0.15, -0.1) is 0 Å². The van der Waals surface area contributed by atoms with Gasteiger partial charge >= 0.3 is 30.1 Å². The van der Waals surface area contributed by atoms with Crippen molar-refractivity contribution in [3.05, 3.63) is 142 Å². The van der Waals surface area contributed by atoms with Crippen LogP contribution >= 0.6 is 0 Å². The first kappa shape index (κ1) is 51.5. The number of halogens is 3. The molecule has 3 atom stereocenters. The average molecular weight is 999 g/mol. The molecule has 0 radical (unpaired) electrons. The zero-order chi connectivity index (χ0) is 51.7. The summed E-state index contributed by atoms with van der Waals surface area (Å²) in [7, 11) is 4.06. The fourth-order valence-corrected chi connectivity index (χ4v) is 8.48. The van der Waals surface area contributed by atoms with E-state index in [4.69, 9.17) is 38.0 Å². The van der Waals surface area contributed by atoms with Gasteiger partial charge in [0.1, 0.15) is 51.8 Å². The molecule has 72 heavy (non-hydrogen) atoms. The van der Waals surface area contributed by atoms with E-state index in [0.29, 0.717) is 77.6 Å². The van der Waals surface area contributed by atoms with Gasteiger partial charge in [-0.05, 0) is 66.4 Å². The van der Waals surface area contributed by atoms with E-state index < -0.39 is 23.8 Å². The Balaban J connectivity index is 0.000000149. The summed E-state index contributed by atoms with van der Waals surface area (Å²) in [5.74, 6) is 0.444. The molecule has 1 aliphatic carbocycles. The van der Waals surface area contributed by atoms with Crippen LogP contribution in [0.15, 0.2) is 112 Å². The second-order valence-electron chi connectivity index (χ2n) is 16.7. The first-order valence-electron chi connectivity index (χ1n) is 22.3. The van der Waals surface area contributed by atoms with E-state index in [1.54, 1.807) is 54.6 Å². The zero-order valence-corrected chi connectivity index (χ0v) is 39.0. The van der Waals surface area contributed by atoms with Gasteiger partial charge in [0.05, 0.1) is 78.3 Å². The number of rotatable bonds is 10. The van der Waals surface area contributed by atoms with Crippen molar-refractivity contribution in [2.45, 2.75) is 62.6 Å². The van der Waals surface area contributed by atoms with Gasteiger partial charge in [-0.25, -0.2) is 0 Å². The Labute approximate surface area is 409 Å². The van der Waals surface area contributed by atoms with Gasteiger partial charge in [0, 0.05) is 69.1 Å². The van der Waals surface area contributed by atoms with Crippen molar-refractivity contribution < 1.29 is 90.0 Å². The van der Waals surface area contributed by atoms with Crippen LogP contribution in [0.1, 0.15) is 76.1 Å². The van der Waals surface area contributed by atoms with Crippen LogP contribution in [0.4, 0.5) is 13.2 Å². The van der Waals surface area contributed by atoms with E-state index >= 15 is 0 Å². The molecule has 16 nitrogen and oxygen atoms in total. The molecule has 0 spiro atoms. The summed E-state index contributed by atoms with van der Waals surface area (Å²) in [6, 6.07) is 23.9. The molecule has 0 saturated carbocycles. The summed E-state index contributed by atoms with van der Waals surface area (Å²) in [5.41, 5.74) is 4.62. The number of carbonyl (C=O) groups excluding carboxylic acids is 3. The Kier molecular flexibility index (Phi) is 16.2. The van der Waals surface area contributed by atoms with E-state index in [9.17, 15) is 42.6 Å². The molecule has 3 aliphatic rings. The van der Waals surface area contributed by atoms with E-state index in [1.807, 2.05) is 6.07 Å². The molecule has 10 rings (SSSR count). The number of carboxylic acids is 1. The molecule has 0 saturated heterocycles. The van der Waals surface area contributed by atoms with Gasteiger partial charge < -0.3 is 57.7 Å². The highest BCUT2D eigenvalue weighted by Crippen LogP contribution is 2.44. The quantitative estimate of drug-likeness (QED) is 0.0738. The van der Waals surface area contributed by atoms with Crippen LogP contribution in [0.5, 0.6) is 34.5 Å². The molecule has 378 valence electrons. The third-order valence-corrected chi connectivity index (χ3v) is 12.0. The minimum atomic E-state index is -4.36. The van der Waals surface area contributed by atoms with E-state index in [1.165, 1.54) is 58.1 Å². The lowest BCUT2D eigenvalue weighted by Crippen LogP contribution is -2.10. The standard InChI is InChI=1S/C21H19F3O4.C11H12O4.C11H10O4.C10H8O4/c1-26-20(25)9-12-11-27-19-10-13(5-6-14(12)19)28-18-8-7-15-16(18)3-2-4-17(15)21(22,23)24;2*1-14-11(13)4-7-6-15-10-5-8(12)2-3-9(7)10;11-7-1-2-8-6(3-10(12)13)5-14-9(8)4-7/h2-6,10,12,18H,7-9,11H2,1H3;2-3,5,7,12H,4,6H2,1H3;2-3,5-6,12H,4H2,1H3;1-2,4-5,11H,3H2,(H,12,13). The van der Waals surface area contributed by atoms with E-state index in [2.05, 4.69) is 9.47 Å². The Morgan fingerprint density at radius 1 is 0.625 bits per heavy atom. The number of fused-ring (bicyclic) bond motifs is 5. The van der Waals surface area contributed by atoms with Gasteiger partial charge in [0.25, 0.3) is 0 Å². The third-order valence-electron chi connectivity index (χ3n) is 12.0. The average Bonchev–Trinajstić information content (AvgIpc) is 4.21. The number of alkyl halides is 3. The fourth-order valence-electron chi connectivity index (χ4n) is 8.48. The van der Waals surface area contributed by atoms with Gasteiger partial charge in [-0.1, -0.05) is 24.3 Å². The molecule has 4 N–H and O–H groups in total. The molecule has 0 bridgehead atoms. The number of carbonyl (C=O) groups is 4. The number of furan rings is 2. The number of esters is 3. The van der Waals surface area contributed by atoms with Crippen molar-refractivity contribution in [1.82, 2.24) is 0 Å². The van der Waals surface area contributed by atoms with Crippen LogP contribution in [-0.4, -0.2) is 78.8 Å². The van der Waals surface area contributed by atoms with Gasteiger partial charge in [0.15, 0.2) is 0 Å². The second-order valence-corrected chi connectivity index (χ2v) is 16.7. The Bertz CT molecular complexity index is 3080. The van der Waals surface area contributed by atoms with Crippen LogP contribution in [0.3, 0.4) is 0 Å². The molecule has 2 aliphatic heterocycles. The lowest BCUT2D eigenvalue weighted by atomic mass is 9.98. The minimum Gasteiger partial charge on any atom is -0.508 e. The topological polar surface area (TPSA) is 231 Å². The molecule has 0 fully saturated rings. The first-order chi connectivity index (χ1) is 34.4. The summed E-state index contributed by atoms with van der Waals surface area (Å²) in [6.07, 6.45) is -0.415. The maximum atomic E-state index is 13.2.